The lowest BCUT2D eigenvalue weighted by atomic mass is 10.0. The lowest BCUT2D eigenvalue weighted by Gasteiger charge is -2.32. The predicted molar refractivity (Wildman–Crippen MR) is 169 cm³/mol. The molecule has 0 fully saturated rings. The van der Waals surface area contributed by atoms with Crippen LogP contribution in [0.3, 0.4) is 0 Å². The molecule has 3 aromatic rings. The summed E-state index contributed by atoms with van der Waals surface area (Å²) < 4.78 is 43.0. The van der Waals surface area contributed by atoms with Crippen molar-refractivity contribution in [3.8, 4) is 17.2 Å². The number of carbonyl (C=O) groups is 2. The van der Waals surface area contributed by atoms with Gasteiger partial charge in [-0.15, -0.1) is 0 Å². The normalized spacial score (nSPS) is 12.9. The molecule has 2 amide bonds. The van der Waals surface area contributed by atoms with Crippen molar-refractivity contribution in [2.75, 3.05) is 37.6 Å². The number of nitrogens with zero attached hydrogens (tertiary/aromatic N) is 2. The lowest BCUT2D eigenvalue weighted by molar-refractivity contribution is -0.141. The van der Waals surface area contributed by atoms with Crippen LogP contribution < -0.4 is 23.8 Å². The highest BCUT2D eigenvalue weighted by Gasteiger charge is 2.31. The smallest absolute Gasteiger partial charge is 0.243 e. The number of benzene rings is 3. The number of sulfonamides is 1. The first-order valence-corrected chi connectivity index (χ1v) is 16.5. The van der Waals surface area contributed by atoms with Crippen molar-refractivity contribution in [3.05, 3.63) is 83.9 Å². The number of methoxy groups -OCH3 is 1. The largest absolute Gasteiger partial charge is 0.497 e. The van der Waals surface area contributed by atoms with E-state index < -0.39 is 16.1 Å². The van der Waals surface area contributed by atoms with Crippen molar-refractivity contribution in [2.45, 2.75) is 45.7 Å². The number of nitrogens with one attached hydrogen (secondary N) is 1. The Kier molecular flexibility index (Phi) is 11.1. The topological polar surface area (TPSA) is 114 Å². The minimum Gasteiger partial charge on any atom is -0.497 e. The minimum absolute atomic E-state index is 0.0310. The molecule has 0 radical (unpaired) electrons. The Bertz CT molecular complexity index is 1530. The summed E-state index contributed by atoms with van der Waals surface area (Å²) in [6.45, 7) is 4.83. The summed E-state index contributed by atoms with van der Waals surface area (Å²) in [6, 6.07) is 21.1. The van der Waals surface area contributed by atoms with Crippen LogP contribution in [-0.2, 0) is 32.6 Å². The molecule has 1 N–H and O–H groups in total. The number of anilines is 1. The Morgan fingerprint density at radius 1 is 0.955 bits per heavy atom. The highest BCUT2D eigenvalue weighted by Crippen LogP contribution is 2.36. The van der Waals surface area contributed by atoms with Gasteiger partial charge in [0, 0.05) is 38.5 Å². The predicted octanol–water partition coefficient (Wildman–Crippen LogP) is 4.38. The van der Waals surface area contributed by atoms with Crippen LogP contribution in [0, 0.1) is 5.92 Å². The first kappa shape index (κ1) is 32.7. The molecule has 0 aromatic heterocycles. The van der Waals surface area contributed by atoms with Gasteiger partial charge in [0.2, 0.25) is 28.6 Å². The molecule has 1 aliphatic heterocycles. The van der Waals surface area contributed by atoms with Crippen LogP contribution >= 0.6 is 0 Å². The van der Waals surface area contributed by atoms with Crippen LogP contribution in [0.5, 0.6) is 17.2 Å². The van der Waals surface area contributed by atoms with E-state index in [9.17, 15) is 18.0 Å². The number of carbonyl (C=O) groups excluding carboxylic acids is 2. The Morgan fingerprint density at radius 2 is 1.68 bits per heavy atom. The molecular weight excluding hydrogens is 582 g/mol. The summed E-state index contributed by atoms with van der Waals surface area (Å²) >= 11 is 0. The van der Waals surface area contributed by atoms with Crippen LogP contribution in [0.1, 0.15) is 37.8 Å². The van der Waals surface area contributed by atoms with Gasteiger partial charge in [-0.3, -0.25) is 13.9 Å². The van der Waals surface area contributed by atoms with Crippen molar-refractivity contribution >= 4 is 27.5 Å². The molecule has 3 aromatic carbocycles. The molecule has 44 heavy (non-hydrogen) atoms. The van der Waals surface area contributed by atoms with E-state index in [0.717, 1.165) is 17.4 Å². The molecule has 1 heterocycles. The van der Waals surface area contributed by atoms with E-state index in [0.29, 0.717) is 35.9 Å². The zero-order valence-corrected chi connectivity index (χ0v) is 26.5. The number of fused-ring (bicyclic) bond motifs is 1. The van der Waals surface area contributed by atoms with Gasteiger partial charge < -0.3 is 24.4 Å². The zero-order valence-electron chi connectivity index (χ0n) is 25.7. The fourth-order valence-corrected chi connectivity index (χ4v) is 5.95. The monoisotopic (exact) mass is 623 g/mol. The Hall–Kier alpha value is -4.25. The van der Waals surface area contributed by atoms with E-state index in [-0.39, 0.29) is 50.5 Å². The molecule has 1 aliphatic rings. The number of ether oxygens (including phenoxy) is 3. The Balaban J connectivity index is 1.58. The third-order valence-electron chi connectivity index (χ3n) is 7.24. The van der Waals surface area contributed by atoms with Crippen LogP contribution in [0.15, 0.2) is 72.8 Å². The molecule has 4 rings (SSSR count). The Morgan fingerprint density at radius 3 is 2.39 bits per heavy atom. The van der Waals surface area contributed by atoms with Gasteiger partial charge in [0.1, 0.15) is 11.8 Å². The average Bonchev–Trinajstić information content (AvgIpc) is 3.48. The van der Waals surface area contributed by atoms with E-state index in [1.807, 2.05) is 68.4 Å². The van der Waals surface area contributed by atoms with Crippen LogP contribution in [0.2, 0.25) is 0 Å². The third kappa shape index (κ3) is 8.89. The van der Waals surface area contributed by atoms with E-state index in [2.05, 4.69) is 5.32 Å². The minimum atomic E-state index is -3.66. The van der Waals surface area contributed by atoms with Gasteiger partial charge in [-0.05, 0) is 47.7 Å². The molecule has 0 saturated heterocycles. The molecule has 10 nitrogen and oxygen atoms in total. The number of hydrogen-bond donors (Lipinski definition) is 1. The van der Waals surface area contributed by atoms with Gasteiger partial charge in [0.25, 0.3) is 0 Å². The first-order chi connectivity index (χ1) is 21.0. The Labute approximate surface area is 260 Å². The van der Waals surface area contributed by atoms with Gasteiger partial charge in [0.15, 0.2) is 11.5 Å². The average molecular weight is 624 g/mol. The lowest BCUT2D eigenvalue weighted by Crippen LogP contribution is -2.51. The maximum Gasteiger partial charge on any atom is 0.243 e. The summed E-state index contributed by atoms with van der Waals surface area (Å²) in [5.74, 6) is 1.39. The zero-order chi connectivity index (χ0) is 31.7. The fourth-order valence-electron chi connectivity index (χ4n) is 4.99. The second kappa shape index (κ2) is 15.0. The van der Waals surface area contributed by atoms with Gasteiger partial charge in [0.05, 0.1) is 19.1 Å². The highest BCUT2D eigenvalue weighted by molar-refractivity contribution is 7.92. The summed E-state index contributed by atoms with van der Waals surface area (Å²) in [7, 11) is -2.09. The molecule has 236 valence electrons. The number of amides is 2. The molecule has 0 saturated carbocycles. The van der Waals surface area contributed by atoms with Crippen molar-refractivity contribution in [2.24, 2.45) is 5.92 Å². The molecule has 0 bridgehead atoms. The van der Waals surface area contributed by atoms with E-state index >= 15 is 0 Å². The van der Waals surface area contributed by atoms with Crippen molar-refractivity contribution in [1.29, 1.82) is 0 Å². The van der Waals surface area contributed by atoms with Crippen LogP contribution in [-0.4, -0.2) is 64.4 Å². The quantitative estimate of drug-likeness (QED) is 0.267. The SMILES string of the molecule is COc1cccc(CN(C(=O)CCCN(c2ccc3c(c2)OCO3)S(C)(=O)=O)[C@@H](Cc2ccccc2)C(=O)NCC(C)C)c1. The van der Waals surface area contributed by atoms with Gasteiger partial charge in [-0.2, -0.15) is 0 Å². The van der Waals surface area contributed by atoms with E-state index in [1.165, 1.54) is 4.31 Å². The summed E-state index contributed by atoms with van der Waals surface area (Å²) in [5.41, 5.74) is 2.16. The second-order valence-corrected chi connectivity index (χ2v) is 13.1. The maximum atomic E-state index is 14.0. The molecule has 11 heteroatoms. The van der Waals surface area contributed by atoms with Gasteiger partial charge in [-0.1, -0.05) is 56.3 Å². The fraction of sp³-hybridized carbons (Fsp3) is 0.394. The maximum absolute atomic E-state index is 14.0. The second-order valence-electron chi connectivity index (χ2n) is 11.2. The number of rotatable bonds is 15. The van der Waals surface area contributed by atoms with E-state index in [1.54, 1.807) is 30.2 Å². The summed E-state index contributed by atoms with van der Waals surface area (Å²) in [4.78, 5) is 29.3. The number of hydrogen-bond acceptors (Lipinski definition) is 7. The summed E-state index contributed by atoms with van der Waals surface area (Å²) in [5, 5.41) is 3.02. The van der Waals surface area contributed by atoms with Crippen LogP contribution in [0.25, 0.3) is 0 Å². The summed E-state index contributed by atoms with van der Waals surface area (Å²) in [6.07, 6.45) is 1.72. The van der Waals surface area contributed by atoms with E-state index in [4.69, 9.17) is 14.2 Å². The first-order valence-electron chi connectivity index (χ1n) is 14.7. The van der Waals surface area contributed by atoms with Gasteiger partial charge in [-0.25, -0.2) is 8.42 Å². The molecular formula is C33H41N3O7S. The molecule has 0 aliphatic carbocycles. The van der Waals surface area contributed by atoms with Crippen molar-refractivity contribution in [3.63, 3.8) is 0 Å². The van der Waals surface area contributed by atoms with Crippen molar-refractivity contribution in [1.82, 2.24) is 10.2 Å². The molecule has 0 unspecified atom stereocenters. The standard InChI is InChI=1S/C33H41N3O7S/c1-24(2)21-34-33(38)29(19-25-10-6-5-7-11-25)35(22-26-12-8-13-28(18-26)41-3)32(37)14-9-17-36(44(4,39)40)27-15-16-30-31(20-27)43-23-42-30/h5-8,10-13,15-16,18,20,24,29H,9,14,17,19,21-23H2,1-4H3,(H,34,38)/t29-/m0/s1. The van der Waals surface area contributed by atoms with Gasteiger partial charge >= 0.3 is 0 Å². The molecule has 1 atom stereocenters. The van der Waals surface area contributed by atoms with Crippen molar-refractivity contribution < 1.29 is 32.2 Å². The third-order valence-corrected chi connectivity index (χ3v) is 8.43. The molecule has 0 spiro atoms. The van der Waals surface area contributed by atoms with Crippen LogP contribution in [0.4, 0.5) is 5.69 Å². The highest BCUT2D eigenvalue weighted by atomic mass is 32.2.